The average Bonchev–Trinajstić information content (AvgIpc) is 2.76. The number of unbranched alkanes of at least 4 members (excludes halogenated alkanes) is 4. The third-order valence-electron chi connectivity index (χ3n) is 5.12. The van der Waals surface area contributed by atoms with Crippen molar-refractivity contribution in [1.29, 1.82) is 0 Å². The Morgan fingerprint density at radius 1 is 1.03 bits per heavy atom. The van der Waals surface area contributed by atoms with Gasteiger partial charge in [0.05, 0.1) is 13.7 Å². The first kappa shape index (κ1) is 26.0. The molecule has 5 nitrogen and oxygen atoms in total. The fourth-order valence-corrected chi connectivity index (χ4v) is 3.19. The molecule has 1 amide bonds. The highest BCUT2D eigenvalue weighted by Gasteiger charge is 2.11. The van der Waals surface area contributed by atoms with Gasteiger partial charge in [-0.3, -0.25) is 4.79 Å². The fraction of sp³-hybridized carbons (Fsp3) is 0.640. The fourth-order valence-electron chi connectivity index (χ4n) is 3.19. The first-order valence-corrected chi connectivity index (χ1v) is 11.3. The van der Waals surface area contributed by atoms with Crippen molar-refractivity contribution < 1.29 is 19.0 Å². The molecule has 0 spiro atoms. The van der Waals surface area contributed by atoms with E-state index in [4.69, 9.17) is 14.2 Å². The quantitative estimate of drug-likeness (QED) is 0.274. The number of carbonyl (C=O) groups is 1. The molecule has 1 aromatic carbocycles. The Morgan fingerprint density at radius 3 is 2.53 bits per heavy atom. The molecule has 0 unspecified atom stereocenters. The number of methoxy groups -OCH3 is 2. The van der Waals surface area contributed by atoms with Gasteiger partial charge in [-0.05, 0) is 49.5 Å². The minimum absolute atomic E-state index is 0.112. The first-order valence-electron chi connectivity index (χ1n) is 11.3. The van der Waals surface area contributed by atoms with E-state index >= 15 is 0 Å². The van der Waals surface area contributed by atoms with Crippen LogP contribution in [0.15, 0.2) is 30.4 Å². The van der Waals surface area contributed by atoms with Crippen molar-refractivity contribution in [3.05, 3.63) is 35.9 Å². The van der Waals surface area contributed by atoms with E-state index in [1.54, 1.807) is 14.2 Å². The predicted molar refractivity (Wildman–Crippen MR) is 123 cm³/mol. The van der Waals surface area contributed by atoms with E-state index in [1.165, 1.54) is 12.0 Å². The molecule has 0 bridgehead atoms. The summed E-state index contributed by atoms with van der Waals surface area (Å²) in [4.78, 5) is 12.0. The summed E-state index contributed by atoms with van der Waals surface area (Å²) in [5.41, 5.74) is 1.26. The van der Waals surface area contributed by atoms with Crippen molar-refractivity contribution >= 4 is 5.91 Å². The summed E-state index contributed by atoms with van der Waals surface area (Å²) >= 11 is 0. The van der Waals surface area contributed by atoms with Gasteiger partial charge in [-0.1, -0.05) is 51.7 Å². The summed E-state index contributed by atoms with van der Waals surface area (Å²) in [6.07, 6.45) is 12.6. The summed E-state index contributed by atoms with van der Waals surface area (Å²) in [5.74, 6) is 1.84. The molecule has 0 fully saturated rings. The number of benzene rings is 1. The maximum Gasteiger partial charge on any atom is 0.222 e. The van der Waals surface area contributed by atoms with Gasteiger partial charge in [0.25, 0.3) is 0 Å². The van der Waals surface area contributed by atoms with Gasteiger partial charge in [0.1, 0.15) is 6.61 Å². The minimum Gasteiger partial charge on any atom is -0.493 e. The Labute approximate surface area is 183 Å². The highest BCUT2D eigenvalue weighted by Crippen LogP contribution is 2.28. The molecule has 0 saturated heterocycles. The Balaban J connectivity index is 2.29. The third-order valence-corrected chi connectivity index (χ3v) is 5.12. The van der Waals surface area contributed by atoms with Crippen molar-refractivity contribution in [3.63, 3.8) is 0 Å². The van der Waals surface area contributed by atoms with E-state index in [1.807, 2.05) is 25.1 Å². The maximum absolute atomic E-state index is 12.0. The lowest BCUT2D eigenvalue weighted by molar-refractivity contribution is -0.124. The van der Waals surface area contributed by atoms with Gasteiger partial charge in [-0.15, -0.1) is 0 Å². The SMILES string of the molecule is CCCCNC(=O)[C@H](C)CCCCCCc1ccc(OC)c(OCC=CCOC)c1. The highest BCUT2D eigenvalue weighted by molar-refractivity contribution is 5.78. The van der Waals surface area contributed by atoms with Gasteiger partial charge in [-0.2, -0.15) is 0 Å². The van der Waals surface area contributed by atoms with Gasteiger partial charge in [0.15, 0.2) is 11.5 Å². The van der Waals surface area contributed by atoms with Crippen LogP contribution in [0.4, 0.5) is 0 Å². The molecule has 170 valence electrons. The first-order chi connectivity index (χ1) is 14.6. The average molecular weight is 420 g/mol. The van der Waals surface area contributed by atoms with E-state index in [9.17, 15) is 4.79 Å². The Morgan fingerprint density at radius 2 is 1.80 bits per heavy atom. The number of aryl methyl sites for hydroxylation is 1. The Bertz CT molecular complexity index is 615. The van der Waals surface area contributed by atoms with E-state index in [0.717, 1.165) is 63.0 Å². The van der Waals surface area contributed by atoms with Crippen LogP contribution in [0.1, 0.15) is 64.4 Å². The molecule has 0 radical (unpaired) electrons. The van der Waals surface area contributed by atoms with Crippen LogP contribution in [0.25, 0.3) is 0 Å². The summed E-state index contributed by atoms with van der Waals surface area (Å²) in [6.45, 7) is 6.05. The van der Waals surface area contributed by atoms with Crippen molar-refractivity contribution in [2.45, 2.75) is 65.2 Å². The molecule has 0 aromatic heterocycles. The molecule has 0 aliphatic carbocycles. The minimum atomic E-state index is 0.112. The van der Waals surface area contributed by atoms with Crippen LogP contribution in [0.3, 0.4) is 0 Å². The van der Waals surface area contributed by atoms with Crippen LogP contribution in [0, 0.1) is 5.92 Å². The van der Waals surface area contributed by atoms with Crippen LogP contribution in [-0.4, -0.2) is 39.9 Å². The van der Waals surface area contributed by atoms with Crippen molar-refractivity contribution in [2.24, 2.45) is 5.92 Å². The number of ether oxygens (including phenoxy) is 3. The summed E-state index contributed by atoms with van der Waals surface area (Å²) in [6, 6.07) is 6.16. The highest BCUT2D eigenvalue weighted by atomic mass is 16.5. The molecule has 5 heteroatoms. The number of amides is 1. The van der Waals surface area contributed by atoms with E-state index in [-0.39, 0.29) is 11.8 Å². The number of carbonyl (C=O) groups excluding carboxylic acids is 1. The topological polar surface area (TPSA) is 56.8 Å². The second kappa shape index (κ2) is 16.8. The monoisotopic (exact) mass is 419 g/mol. The number of nitrogens with one attached hydrogen (secondary N) is 1. The zero-order valence-corrected chi connectivity index (χ0v) is 19.4. The van der Waals surface area contributed by atoms with Crippen LogP contribution in [0.5, 0.6) is 11.5 Å². The zero-order chi connectivity index (χ0) is 22.0. The van der Waals surface area contributed by atoms with Gasteiger partial charge >= 0.3 is 0 Å². The molecule has 1 aromatic rings. The largest absolute Gasteiger partial charge is 0.493 e. The van der Waals surface area contributed by atoms with E-state index in [2.05, 4.69) is 24.4 Å². The second-order valence-corrected chi connectivity index (χ2v) is 7.72. The second-order valence-electron chi connectivity index (χ2n) is 7.72. The van der Waals surface area contributed by atoms with Crippen LogP contribution in [0.2, 0.25) is 0 Å². The lowest BCUT2D eigenvalue weighted by Crippen LogP contribution is -2.29. The van der Waals surface area contributed by atoms with Gasteiger partial charge in [-0.25, -0.2) is 0 Å². The Hall–Kier alpha value is -2.01. The van der Waals surface area contributed by atoms with E-state index in [0.29, 0.717) is 13.2 Å². The predicted octanol–water partition coefficient (Wildman–Crippen LogP) is 5.32. The zero-order valence-electron chi connectivity index (χ0n) is 19.4. The molecule has 1 atom stereocenters. The molecule has 30 heavy (non-hydrogen) atoms. The van der Waals surface area contributed by atoms with Gasteiger partial charge in [0.2, 0.25) is 5.91 Å². The van der Waals surface area contributed by atoms with Crippen LogP contribution < -0.4 is 14.8 Å². The molecule has 1 N–H and O–H groups in total. The third kappa shape index (κ3) is 11.2. The molecular formula is C25H41NO4. The molecule has 0 saturated carbocycles. The molecular weight excluding hydrogens is 378 g/mol. The normalized spacial score (nSPS) is 12.1. The van der Waals surface area contributed by atoms with Gasteiger partial charge in [0, 0.05) is 19.6 Å². The summed E-state index contributed by atoms with van der Waals surface area (Å²) in [7, 11) is 3.33. The lowest BCUT2D eigenvalue weighted by Gasteiger charge is -2.12. The molecule has 0 heterocycles. The smallest absolute Gasteiger partial charge is 0.222 e. The summed E-state index contributed by atoms with van der Waals surface area (Å²) in [5, 5.41) is 3.02. The van der Waals surface area contributed by atoms with Crippen molar-refractivity contribution in [3.8, 4) is 11.5 Å². The van der Waals surface area contributed by atoms with Crippen molar-refractivity contribution in [1.82, 2.24) is 5.32 Å². The van der Waals surface area contributed by atoms with Crippen molar-refractivity contribution in [2.75, 3.05) is 34.0 Å². The molecule has 0 aliphatic rings. The number of hydrogen-bond donors (Lipinski definition) is 1. The van der Waals surface area contributed by atoms with E-state index < -0.39 is 0 Å². The van der Waals surface area contributed by atoms with Crippen LogP contribution >= 0.6 is 0 Å². The lowest BCUT2D eigenvalue weighted by atomic mass is 10.00. The molecule has 1 rings (SSSR count). The van der Waals surface area contributed by atoms with Crippen LogP contribution in [-0.2, 0) is 16.0 Å². The summed E-state index contributed by atoms with van der Waals surface area (Å²) < 4.78 is 16.2. The standard InChI is InChI=1S/C25H41NO4/c1-5-6-17-26-25(27)21(2)13-9-7-8-10-14-22-15-16-23(29-4)24(20-22)30-19-12-11-18-28-3/h11-12,15-16,20-21H,5-10,13-14,17-19H2,1-4H3,(H,26,27)/t21-/m1/s1. The Kier molecular flexibility index (Phi) is 14.5. The maximum atomic E-state index is 12.0. The number of hydrogen-bond acceptors (Lipinski definition) is 4. The number of rotatable bonds is 17. The molecule has 0 aliphatic heterocycles. The van der Waals surface area contributed by atoms with Gasteiger partial charge < -0.3 is 19.5 Å².